The minimum atomic E-state index is -0.0164. The minimum Gasteiger partial charge on any atom is -0.359 e. The highest BCUT2D eigenvalue weighted by molar-refractivity contribution is 6.01. The average Bonchev–Trinajstić information content (AvgIpc) is 3.31. The molecule has 158 valence electrons. The number of carbonyl (C=O) groups excluding carboxylic acids is 2. The van der Waals surface area contributed by atoms with Gasteiger partial charge in [-0.25, -0.2) is 4.52 Å². The van der Waals surface area contributed by atoms with Gasteiger partial charge in [0.1, 0.15) is 5.82 Å². The highest BCUT2D eigenvalue weighted by Crippen LogP contribution is 2.25. The van der Waals surface area contributed by atoms with Crippen molar-refractivity contribution in [2.45, 2.75) is 26.2 Å². The van der Waals surface area contributed by atoms with Crippen molar-refractivity contribution >= 4 is 28.8 Å². The molecule has 0 aliphatic carbocycles. The van der Waals surface area contributed by atoms with Gasteiger partial charge in [-0.3, -0.25) is 14.3 Å². The molecule has 9 nitrogen and oxygen atoms in total. The number of fused-ring (bicyclic) bond motifs is 1. The van der Waals surface area contributed by atoms with Gasteiger partial charge in [0.2, 0.25) is 5.91 Å². The molecule has 0 radical (unpaired) electrons. The lowest BCUT2D eigenvalue weighted by Crippen LogP contribution is -2.39. The molecule has 1 aliphatic heterocycles. The Hall–Kier alpha value is -3.36. The molecule has 3 aromatic rings. The zero-order chi connectivity index (χ0) is 21.3. The van der Waals surface area contributed by atoms with Gasteiger partial charge in [0.05, 0.1) is 23.5 Å². The monoisotopic (exact) mass is 409 g/mol. The van der Waals surface area contributed by atoms with Gasteiger partial charge in [-0.05, 0) is 37.8 Å². The molecule has 4 rings (SSSR count). The van der Waals surface area contributed by atoms with Crippen LogP contribution in [0.5, 0.6) is 0 Å². The second-order valence-corrected chi connectivity index (χ2v) is 7.84. The van der Waals surface area contributed by atoms with E-state index < -0.39 is 0 Å². The van der Waals surface area contributed by atoms with Crippen LogP contribution in [0.2, 0.25) is 0 Å². The molecule has 0 aromatic carbocycles. The largest absolute Gasteiger partial charge is 0.359 e. The standard InChI is InChI=1S/C21H27N7O2/c1-14-12-23-26(3)20(14)25-16-6-9-28-18(11-16)17(13-24-28)21(30)27-7-4-15(5-8-27)10-19(29)22-2/h6,9,11-13,15,25H,4-5,7-8,10H2,1-3H3,(H,22,29). The first kappa shape index (κ1) is 19.9. The summed E-state index contributed by atoms with van der Waals surface area (Å²) < 4.78 is 3.50. The Morgan fingerprint density at radius 1 is 1.20 bits per heavy atom. The lowest BCUT2D eigenvalue weighted by molar-refractivity contribution is -0.121. The molecule has 2 N–H and O–H groups in total. The van der Waals surface area contributed by atoms with E-state index in [1.165, 1.54) is 0 Å². The number of likely N-dealkylation sites (tertiary alicyclic amines) is 1. The zero-order valence-electron chi connectivity index (χ0n) is 17.6. The van der Waals surface area contributed by atoms with E-state index in [0.29, 0.717) is 31.0 Å². The molecule has 0 atom stereocenters. The minimum absolute atomic E-state index is 0.0164. The van der Waals surface area contributed by atoms with Gasteiger partial charge < -0.3 is 15.5 Å². The predicted molar refractivity (Wildman–Crippen MR) is 114 cm³/mol. The van der Waals surface area contributed by atoms with Crippen LogP contribution in [0.15, 0.2) is 30.7 Å². The first-order valence-electron chi connectivity index (χ1n) is 10.2. The Bertz CT molecular complexity index is 1060. The van der Waals surface area contributed by atoms with Gasteiger partial charge in [-0.1, -0.05) is 0 Å². The average molecular weight is 409 g/mol. The number of aromatic nitrogens is 4. The maximum absolute atomic E-state index is 13.2. The second-order valence-electron chi connectivity index (χ2n) is 7.84. The van der Waals surface area contributed by atoms with Gasteiger partial charge in [0.15, 0.2) is 0 Å². The van der Waals surface area contributed by atoms with E-state index in [2.05, 4.69) is 20.8 Å². The summed E-state index contributed by atoms with van der Waals surface area (Å²) in [5, 5.41) is 14.6. The molecule has 1 saturated heterocycles. The number of hydrogen-bond donors (Lipinski definition) is 2. The highest BCUT2D eigenvalue weighted by Gasteiger charge is 2.26. The third-order valence-corrected chi connectivity index (χ3v) is 5.79. The van der Waals surface area contributed by atoms with E-state index >= 15 is 0 Å². The molecule has 1 fully saturated rings. The molecule has 4 heterocycles. The molecule has 2 amide bonds. The Labute approximate surface area is 175 Å². The first-order valence-corrected chi connectivity index (χ1v) is 10.2. The van der Waals surface area contributed by atoms with Crippen molar-refractivity contribution in [3.05, 3.63) is 41.9 Å². The maximum atomic E-state index is 13.2. The van der Waals surface area contributed by atoms with Gasteiger partial charge in [0.25, 0.3) is 5.91 Å². The quantitative estimate of drug-likeness (QED) is 0.673. The van der Waals surface area contributed by atoms with Gasteiger partial charge in [-0.15, -0.1) is 0 Å². The third-order valence-electron chi connectivity index (χ3n) is 5.79. The van der Waals surface area contributed by atoms with Crippen LogP contribution in [0.1, 0.15) is 35.2 Å². The van der Waals surface area contributed by atoms with Crippen LogP contribution in [0.3, 0.4) is 0 Å². The van der Waals surface area contributed by atoms with E-state index in [9.17, 15) is 9.59 Å². The van der Waals surface area contributed by atoms with Crippen molar-refractivity contribution in [2.24, 2.45) is 13.0 Å². The maximum Gasteiger partial charge on any atom is 0.257 e. The summed E-state index contributed by atoms with van der Waals surface area (Å²) in [4.78, 5) is 26.6. The van der Waals surface area contributed by atoms with Crippen molar-refractivity contribution in [3.63, 3.8) is 0 Å². The Balaban J connectivity index is 1.50. The van der Waals surface area contributed by atoms with Crippen LogP contribution < -0.4 is 10.6 Å². The SMILES string of the molecule is CNC(=O)CC1CCN(C(=O)c2cnn3ccc(Nc4c(C)cnn4C)cc23)CC1. The summed E-state index contributed by atoms with van der Waals surface area (Å²) in [6.45, 7) is 3.31. The fraction of sp³-hybridized carbons (Fsp3) is 0.429. The van der Waals surface area contributed by atoms with Gasteiger partial charge in [0, 0.05) is 51.1 Å². The first-order chi connectivity index (χ1) is 14.5. The Kier molecular flexibility index (Phi) is 5.43. The summed E-state index contributed by atoms with van der Waals surface area (Å²) in [5.74, 6) is 1.28. The summed E-state index contributed by atoms with van der Waals surface area (Å²) in [7, 11) is 3.54. The van der Waals surface area contributed by atoms with Gasteiger partial charge in [-0.2, -0.15) is 10.2 Å². The lowest BCUT2D eigenvalue weighted by Gasteiger charge is -2.31. The number of piperidine rings is 1. The van der Waals surface area contributed by atoms with E-state index in [1.54, 1.807) is 22.4 Å². The number of anilines is 2. The summed E-state index contributed by atoms with van der Waals surface area (Å²) in [6, 6.07) is 3.86. The number of amides is 2. The van der Waals surface area contributed by atoms with Crippen molar-refractivity contribution in [1.29, 1.82) is 0 Å². The zero-order valence-corrected chi connectivity index (χ0v) is 17.6. The smallest absolute Gasteiger partial charge is 0.257 e. The lowest BCUT2D eigenvalue weighted by atomic mass is 9.93. The molecule has 9 heteroatoms. The van der Waals surface area contributed by atoms with Crippen molar-refractivity contribution in [3.8, 4) is 0 Å². The second kappa shape index (κ2) is 8.17. The van der Waals surface area contributed by atoms with Crippen LogP contribution in [-0.2, 0) is 11.8 Å². The van der Waals surface area contributed by atoms with E-state index in [-0.39, 0.29) is 11.8 Å². The van der Waals surface area contributed by atoms with Gasteiger partial charge >= 0.3 is 0 Å². The molecule has 0 bridgehead atoms. The fourth-order valence-electron chi connectivity index (χ4n) is 3.96. The number of nitrogens with zero attached hydrogens (tertiary/aromatic N) is 5. The number of carbonyl (C=O) groups is 2. The molecule has 0 spiro atoms. The number of nitrogens with one attached hydrogen (secondary N) is 2. The molecule has 30 heavy (non-hydrogen) atoms. The van der Waals surface area contributed by atoms with Crippen molar-refractivity contribution in [2.75, 3.05) is 25.5 Å². The number of rotatable bonds is 5. The van der Waals surface area contributed by atoms with E-state index in [0.717, 1.165) is 35.4 Å². The normalized spacial score (nSPS) is 14.8. The Morgan fingerprint density at radius 2 is 1.97 bits per heavy atom. The van der Waals surface area contributed by atoms with Crippen LogP contribution in [0, 0.1) is 12.8 Å². The topological polar surface area (TPSA) is 96.6 Å². The molecule has 0 unspecified atom stereocenters. The summed E-state index contributed by atoms with van der Waals surface area (Å²) in [6.07, 6.45) is 7.49. The van der Waals surface area contributed by atoms with Crippen LogP contribution in [0.4, 0.5) is 11.5 Å². The van der Waals surface area contributed by atoms with Crippen molar-refractivity contribution < 1.29 is 9.59 Å². The Morgan fingerprint density at radius 3 is 2.63 bits per heavy atom. The van der Waals surface area contributed by atoms with Crippen LogP contribution in [0.25, 0.3) is 5.52 Å². The van der Waals surface area contributed by atoms with E-state index in [1.807, 2.05) is 43.4 Å². The number of pyridine rings is 1. The number of hydrogen-bond acceptors (Lipinski definition) is 5. The fourth-order valence-corrected chi connectivity index (χ4v) is 3.96. The highest BCUT2D eigenvalue weighted by atomic mass is 16.2. The van der Waals surface area contributed by atoms with Crippen molar-refractivity contribution in [1.82, 2.24) is 29.6 Å². The molecule has 3 aromatic heterocycles. The summed E-state index contributed by atoms with van der Waals surface area (Å²) in [5.41, 5.74) is 3.26. The summed E-state index contributed by atoms with van der Waals surface area (Å²) >= 11 is 0. The van der Waals surface area contributed by atoms with Crippen LogP contribution in [-0.4, -0.2) is 56.2 Å². The molecule has 1 aliphatic rings. The predicted octanol–water partition coefficient (Wildman–Crippen LogP) is 2.11. The van der Waals surface area contributed by atoms with E-state index in [4.69, 9.17) is 0 Å². The molecule has 0 saturated carbocycles. The van der Waals surface area contributed by atoms with Crippen LogP contribution >= 0.6 is 0 Å². The molecular weight excluding hydrogens is 382 g/mol. The third kappa shape index (κ3) is 3.87. The number of aryl methyl sites for hydroxylation is 2. The molecular formula is C21H27N7O2.